The number of aromatic nitrogens is 6. The third kappa shape index (κ3) is 13.8. The molecule has 6 nitrogen and oxygen atoms in total. The van der Waals surface area contributed by atoms with E-state index in [2.05, 4.69) is 355 Å². The zero-order valence-corrected chi connectivity index (χ0v) is 69.8. The predicted octanol–water partition coefficient (Wildman–Crippen LogP) is 27.6. The maximum absolute atomic E-state index is 9.18. The number of hydrogen-bond donors (Lipinski definition) is 0. The molecule has 10 aromatic carbocycles. The summed E-state index contributed by atoms with van der Waals surface area (Å²) in [5.41, 5.74) is 21.2. The summed E-state index contributed by atoms with van der Waals surface area (Å²) >= 11 is 7.29. The Morgan fingerprint density at radius 1 is 0.333 bits per heavy atom. The second-order valence-corrected chi connectivity index (χ2v) is 36.8. The average Bonchev–Trinajstić information content (AvgIpc) is 1.58. The molecule has 10 aromatic heterocycles. The highest BCUT2D eigenvalue weighted by molar-refractivity contribution is 7.27. The van der Waals surface area contributed by atoms with Gasteiger partial charge in [0.25, 0.3) is 0 Å². The summed E-state index contributed by atoms with van der Waals surface area (Å²) in [6, 6.07) is 90.0. The largest absolute Gasteiger partial charge is 0.237 e. The van der Waals surface area contributed by atoms with Crippen LogP contribution in [0.15, 0.2) is 267 Å². The van der Waals surface area contributed by atoms with E-state index < -0.39 is 11.8 Å². The van der Waals surface area contributed by atoms with Crippen molar-refractivity contribution in [1.82, 2.24) is 9.97 Å². The van der Waals surface area contributed by atoms with Crippen molar-refractivity contribution in [3.63, 3.8) is 0 Å². The molecule has 2 aliphatic carbocycles. The van der Waals surface area contributed by atoms with Gasteiger partial charge in [-0.1, -0.05) is 191 Å². The van der Waals surface area contributed by atoms with Gasteiger partial charge >= 0.3 is 0 Å². The first-order chi connectivity index (χ1) is 56.2. The summed E-state index contributed by atoms with van der Waals surface area (Å²) in [6.45, 7) is 13.4. The molecule has 10 heterocycles. The standard InChI is InChI=1S/C30H31N2S.C28H27N2S.2C23H18NS/c1-19-7-5-6-8-23(19)27-17-24-25-15-22-10-9-21(20-11-13-30(2,3)14-12-20)16-26(22)31-29(25)33-28(24)18-32(27)4;1-18-8-6-7-11-22(18)26-16-23-24-14-21-13-12-20(19-9-4-3-5-10-19)15-25(21)29-28(24)31-27(23)17-30(26)2;1-15-7-3-6-10-18(15)20-11-12-21-23(24(20)2)19-13-16-8-4-5-9-17(16)14-22(19)25-21;1-15-7-3-5-9-17(15)21-13-20-19-12-11-16-8-4-6-10-18(16)23(19)25-22(20)14-24(21)2/h5-10,15-18,20H,11-14H2,1-4H3;6-8,11-17,19H,3-5,9-10H2,1-2H3;2*3-14H,1-2H3/q4*+1/i20D;19D;;. The van der Waals surface area contributed by atoms with E-state index in [1.165, 1.54) is 167 Å². The van der Waals surface area contributed by atoms with Crippen LogP contribution in [0.1, 0.15) is 120 Å². The smallest absolute Gasteiger partial charge is 0.231 e. The van der Waals surface area contributed by atoms with Crippen molar-refractivity contribution in [3.8, 4) is 45.0 Å². The van der Waals surface area contributed by atoms with Gasteiger partial charge in [-0.15, -0.1) is 45.3 Å². The molecular weight excluding hydrogens is 1460 g/mol. The third-order valence-corrected chi connectivity index (χ3v) is 28.9. The van der Waals surface area contributed by atoms with Gasteiger partial charge in [0.15, 0.2) is 18.6 Å². The van der Waals surface area contributed by atoms with Crippen molar-refractivity contribution >= 4 is 170 Å². The highest BCUT2D eigenvalue weighted by Gasteiger charge is 2.29. The van der Waals surface area contributed by atoms with Gasteiger partial charge in [0.05, 0.1) is 21.1 Å². The number of pyridine rings is 6. The number of aryl methyl sites for hydroxylation is 8. The van der Waals surface area contributed by atoms with Crippen molar-refractivity contribution < 1.29 is 21.0 Å². The predicted molar refractivity (Wildman–Crippen MR) is 489 cm³/mol. The second-order valence-electron chi connectivity index (χ2n) is 32.6. The van der Waals surface area contributed by atoms with Gasteiger partial charge in [-0.3, -0.25) is 0 Å². The summed E-state index contributed by atoms with van der Waals surface area (Å²) in [7, 11) is 8.58. The Morgan fingerprint density at radius 3 is 1.26 bits per heavy atom. The molecule has 0 saturated heterocycles. The highest BCUT2D eigenvalue weighted by atomic mass is 32.1. The Kier molecular flexibility index (Phi) is 18.7. The summed E-state index contributed by atoms with van der Waals surface area (Å²) in [5, 5.41) is 16.6. The van der Waals surface area contributed by atoms with Gasteiger partial charge in [0.1, 0.15) is 52.0 Å². The lowest BCUT2D eigenvalue weighted by Gasteiger charge is -2.34. The van der Waals surface area contributed by atoms with E-state index in [1.54, 1.807) is 22.7 Å². The van der Waals surface area contributed by atoms with Crippen LogP contribution in [-0.4, -0.2) is 9.97 Å². The van der Waals surface area contributed by atoms with Gasteiger partial charge < -0.3 is 0 Å². The van der Waals surface area contributed by atoms with Crippen molar-refractivity contribution in [2.75, 3.05) is 0 Å². The van der Waals surface area contributed by atoms with Crippen LogP contribution >= 0.6 is 45.3 Å². The van der Waals surface area contributed by atoms with Gasteiger partial charge in [0.2, 0.25) is 28.3 Å². The molecule has 22 rings (SSSR count). The molecule has 2 aliphatic rings. The fourth-order valence-corrected chi connectivity index (χ4v) is 22.5. The van der Waals surface area contributed by atoms with E-state index in [0.29, 0.717) is 5.41 Å². The van der Waals surface area contributed by atoms with Crippen molar-refractivity contribution in [1.29, 1.82) is 0 Å². The molecule has 0 spiro atoms. The number of fused-ring (bicyclic) bond motifs is 17. The normalized spacial score (nSPS) is 14.9. The summed E-state index contributed by atoms with van der Waals surface area (Å²) in [5.74, 6) is -0.934. The van der Waals surface area contributed by atoms with E-state index in [-0.39, 0.29) is 0 Å². The van der Waals surface area contributed by atoms with Crippen LogP contribution in [0.5, 0.6) is 0 Å². The molecule has 0 N–H and O–H groups in total. The SMILES string of the molecule is Cc1ccccc1-c1cc2c(c[n+]1C)sc1c3ccccc3ccc21.Cc1ccccc1-c1ccc2sc3cc4ccccc4cc3c2[n+]1C.[2H]C1(c2ccc3cc4c(nc3c2)sc2c[n+](C)c(-c3ccccc3C)cc24)CCC(C)(C)CC1.[2H]C1(c2ccc3cc4c(nc3c2)sc2c[n+](C)c(-c3ccccc3C)cc24)CCCCC1. The van der Waals surface area contributed by atoms with Crippen LogP contribution in [0.3, 0.4) is 0 Å². The zero-order chi connectivity index (χ0) is 79.5. The summed E-state index contributed by atoms with van der Waals surface area (Å²) in [6.07, 6.45) is 16.3. The van der Waals surface area contributed by atoms with Crippen LogP contribution in [0, 0.1) is 33.1 Å². The monoisotopic (exact) mass is 1560 g/mol. The molecule has 0 atom stereocenters. The van der Waals surface area contributed by atoms with Crippen LogP contribution in [0.4, 0.5) is 0 Å². The van der Waals surface area contributed by atoms with E-state index >= 15 is 0 Å². The Balaban J connectivity index is 0.000000104. The number of hydrogen-bond acceptors (Lipinski definition) is 6. The maximum Gasteiger partial charge on any atom is 0.231 e. The number of benzene rings is 10. The lowest BCUT2D eigenvalue weighted by atomic mass is 9.71. The molecule has 0 unspecified atom stereocenters. The van der Waals surface area contributed by atoms with E-state index in [1.807, 2.05) is 22.7 Å². The minimum Gasteiger partial charge on any atom is -0.237 e. The minimum atomic E-state index is -0.489. The summed E-state index contributed by atoms with van der Waals surface area (Å²) < 4.78 is 35.2. The zero-order valence-electron chi connectivity index (χ0n) is 68.6. The first-order valence-electron chi connectivity index (χ1n) is 41.2. The van der Waals surface area contributed by atoms with Gasteiger partial charge in [-0.25, -0.2) is 9.97 Å². The molecule has 0 aliphatic heterocycles. The molecule has 2 saturated carbocycles. The molecule has 20 aromatic rings. The van der Waals surface area contributed by atoms with E-state index in [0.717, 1.165) is 94.0 Å². The quantitative estimate of drug-likeness (QED) is 0.156. The third-order valence-electron chi connectivity index (χ3n) is 24.5. The Hall–Kier alpha value is -11.0. The molecule has 0 bridgehead atoms. The molecule has 10 heteroatoms. The Labute approximate surface area is 686 Å². The van der Waals surface area contributed by atoms with Crippen molar-refractivity contribution in [2.45, 2.75) is 111 Å². The Morgan fingerprint density at radius 2 is 0.754 bits per heavy atom. The van der Waals surface area contributed by atoms with Crippen LogP contribution in [0.2, 0.25) is 0 Å². The van der Waals surface area contributed by atoms with Crippen LogP contribution < -0.4 is 18.3 Å². The average molecular weight is 1560 g/mol. The molecule has 0 radical (unpaired) electrons. The van der Waals surface area contributed by atoms with E-state index in [9.17, 15) is 1.37 Å². The molecular formula is C104H94N6S4+4. The van der Waals surface area contributed by atoms with Gasteiger partial charge in [-0.2, -0.15) is 18.3 Å². The molecule has 2 fully saturated rings. The Bertz CT molecular complexity index is 7290. The van der Waals surface area contributed by atoms with Crippen LogP contribution in [0.25, 0.3) is 169 Å². The number of rotatable bonds is 6. The lowest BCUT2D eigenvalue weighted by Crippen LogP contribution is -2.31. The fraction of sp³-hybridized carbons (Fsp3) is 0.212. The molecule has 114 heavy (non-hydrogen) atoms. The van der Waals surface area contributed by atoms with Gasteiger partial charge in [-0.05, 0) is 205 Å². The number of thiophene rings is 4. The van der Waals surface area contributed by atoms with E-state index in [4.69, 9.17) is 11.3 Å². The topological polar surface area (TPSA) is 41.3 Å². The minimum absolute atomic E-state index is 0.357. The second kappa shape index (κ2) is 30.1. The van der Waals surface area contributed by atoms with Crippen LogP contribution in [-0.2, 0) is 28.2 Å². The molecule has 560 valence electrons. The van der Waals surface area contributed by atoms with Crippen molar-refractivity contribution in [3.05, 3.63) is 301 Å². The number of nitrogens with zero attached hydrogens (tertiary/aromatic N) is 6. The first-order valence-corrected chi connectivity index (χ1v) is 43.5. The summed E-state index contributed by atoms with van der Waals surface area (Å²) in [4.78, 5) is 12.3. The molecule has 0 amide bonds. The highest BCUT2D eigenvalue weighted by Crippen LogP contribution is 2.46. The van der Waals surface area contributed by atoms with Crippen molar-refractivity contribution in [2.24, 2.45) is 33.6 Å². The maximum atomic E-state index is 9.18. The first kappa shape index (κ1) is 70.9. The lowest BCUT2D eigenvalue weighted by molar-refractivity contribution is -0.659. The fourth-order valence-electron chi connectivity index (χ4n) is 17.8. The van der Waals surface area contributed by atoms with Gasteiger partial charge in [0, 0.05) is 102 Å².